The molecule has 2 aromatic rings. The van der Waals surface area contributed by atoms with Crippen LogP contribution in [-0.2, 0) is 21.0 Å². The molecule has 0 spiro atoms. The van der Waals surface area contributed by atoms with Gasteiger partial charge in [0.25, 0.3) is 0 Å². The van der Waals surface area contributed by atoms with Crippen molar-refractivity contribution >= 4 is 0 Å². The summed E-state index contributed by atoms with van der Waals surface area (Å²) in [5, 5.41) is 24.0. The third-order valence-electron chi connectivity index (χ3n) is 6.64. The molecule has 6 atom stereocenters. The zero-order chi connectivity index (χ0) is 26.1. The Morgan fingerprint density at radius 1 is 0.771 bits per heavy atom. The van der Waals surface area contributed by atoms with Crippen molar-refractivity contribution in [3.8, 4) is 0 Å². The van der Waals surface area contributed by atoms with Crippen LogP contribution in [0.2, 0.25) is 0 Å². The zero-order valence-electron chi connectivity index (χ0n) is 20.4. The van der Waals surface area contributed by atoms with Crippen molar-refractivity contribution in [1.29, 1.82) is 0 Å². The van der Waals surface area contributed by atoms with Crippen LogP contribution >= 0.6 is 0 Å². The van der Waals surface area contributed by atoms with E-state index in [2.05, 4.69) is 5.32 Å². The third kappa shape index (κ3) is 5.84. The Hall–Kier alpha value is -2.08. The highest BCUT2D eigenvalue weighted by Gasteiger charge is 2.45. The number of morpholine rings is 2. The van der Waals surface area contributed by atoms with Crippen LogP contribution in [0.15, 0.2) is 36.4 Å². The molecule has 2 heterocycles. The molecule has 6 nitrogen and oxygen atoms in total. The Morgan fingerprint density at radius 2 is 1.20 bits per heavy atom. The smallest absolute Gasteiger partial charge is 0.208 e. The van der Waals surface area contributed by atoms with Crippen LogP contribution in [0.1, 0.15) is 38.8 Å². The number of aliphatic hydroxyl groups is 2. The first kappa shape index (κ1) is 27.5. The number of halogens is 4. The van der Waals surface area contributed by atoms with Crippen LogP contribution < -0.4 is 5.32 Å². The van der Waals surface area contributed by atoms with Gasteiger partial charge in [0, 0.05) is 35.3 Å². The minimum absolute atomic E-state index is 0.0851. The maximum absolute atomic E-state index is 13.2. The van der Waals surface area contributed by atoms with Crippen molar-refractivity contribution in [2.24, 2.45) is 0 Å². The van der Waals surface area contributed by atoms with E-state index in [1.54, 1.807) is 13.8 Å². The van der Waals surface area contributed by atoms with Gasteiger partial charge in [0.15, 0.2) is 0 Å². The topological polar surface area (TPSA) is 74.2 Å². The Balaban J connectivity index is 0.000000196. The fourth-order valence-corrected chi connectivity index (χ4v) is 4.29. The summed E-state index contributed by atoms with van der Waals surface area (Å²) in [5.74, 6) is -6.31. The molecule has 2 fully saturated rings. The van der Waals surface area contributed by atoms with Gasteiger partial charge in [0.2, 0.25) is 11.6 Å². The predicted octanol–water partition coefficient (Wildman–Crippen LogP) is 3.36. The Labute approximate surface area is 202 Å². The van der Waals surface area contributed by atoms with Crippen molar-refractivity contribution in [1.82, 2.24) is 10.2 Å². The number of ether oxygens (including phenoxy) is 2. The molecule has 2 aromatic carbocycles. The molecule has 0 saturated carbocycles. The van der Waals surface area contributed by atoms with Crippen LogP contribution in [0.5, 0.6) is 0 Å². The molecule has 0 radical (unpaired) electrons. The standard InChI is InChI=1S/C13H17F2NO2.C12H15F2NO2/c1-8-7-18-13(17,9(2)16(8)3)10-4-11(14)6-12(15)5-10;1-7-6-17-12(16,8(2)15-7)9-3-10(13)5-11(14)4-9/h4-6,8-9,17H,7H2,1-3H3;3-5,7-8,15-16H,6H2,1-2H3/t8-,9+,13-;7-,8+,12-/m10/s1. The molecule has 0 aromatic heterocycles. The van der Waals surface area contributed by atoms with E-state index in [0.29, 0.717) is 6.61 Å². The molecule has 0 amide bonds. The minimum Gasteiger partial charge on any atom is -0.361 e. The van der Waals surface area contributed by atoms with Crippen molar-refractivity contribution in [2.45, 2.75) is 63.4 Å². The molecule has 10 heteroatoms. The lowest BCUT2D eigenvalue weighted by Gasteiger charge is -2.46. The normalized spacial score (nSPS) is 33.7. The van der Waals surface area contributed by atoms with Gasteiger partial charge in [-0.05, 0) is 59.0 Å². The predicted molar refractivity (Wildman–Crippen MR) is 121 cm³/mol. The molecule has 2 aliphatic heterocycles. The monoisotopic (exact) mass is 500 g/mol. The SMILES string of the molecule is C[C@@H]1CO[C@@](O)(c2cc(F)cc(F)c2)[C@H](C)N1C.C[C@H]1CO[C@](O)(c2cc(F)cc(F)c2)[C@@H](C)N1. The number of hydrogen-bond acceptors (Lipinski definition) is 6. The van der Waals surface area contributed by atoms with Gasteiger partial charge >= 0.3 is 0 Å². The summed E-state index contributed by atoms with van der Waals surface area (Å²) in [6.45, 7) is 7.91. The first-order valence-electron chi connectivity index (χ1n) is 11.4. The second-order valence-electron chi connectivity index (χ2n) is 9.31. The Morgan fingerprint density at radius 3 is 1.66 bits per heavy atom. The fraction of sp³-hybridized carbons (Fsp3) is 0.520. The lowest BCUT2D eigenvalue weighted by Crippen LogP contribution is -2.58. The molecule has 194 valence electrons. The van der Waals surface area contributed by atoms with Crippen LogP contribution in [0, 0.1) is 23.3 Å². The van der Waals surface area contributed by atoms with E-state index in [9.17, 15) is 27.8 Å². The van der Waals surface area contributed by atoms with E-state index in [-0.39, 0.29) is 29.8 Å². The van der Waals surface area contributed by atoms with Gasteiger partial charge in [0.1, 0.15) is 23.3 Å². The van der Waals surface area contributed by atoms with E-state index in [1.807, 2.05) is 25.8 Å². The number of nitrogens with zero attached hydrogens (tertiary/aromatic N) is 1. The first-order chi connectivity index (χ1) is 16.3. The summed E-state index contributed by atoms with van der Waals surface area (Å²) >= 11 is 0. The van der Waals surface area contributed by atoms with Gasteiger partial charge in [-0.1, -0.05) is 0 Å². The maximum atomic E-state index is 13.2. The first-order valence-corrected chi connectivity index (χ1v) is 11.4. The zero-order valence-corrected chi connectivity index (χ0v) is 20.4. The average molecular weight is 501 g/mol. The summed E-state index contributed by atoms with van der Waals surface area (Å²) in [7, 11) is 1.85. The van der Waals surface area contributed by atoms with E-state index >= 15 is 0 Å². The Bertz CT molecular complexity index is 1000. The molecular weight excluding hydrogens is 468 g/mol. The van der Waals surface area contributed by atoms with Crippen molar-refractivity contribution in [2.75, 3.05) is 20.3 Å². The molecule has 0 aliphatic carbocycles. The summed E-state index contributed by atoms with van der Waals surface area (Å²) in [6.07, 6.45) is 0. The molecule has 3 N–H and O–H groups in total. The van der Waals surface area contributed by atoms with Crippen molar-refractivity contribution < 1.29 is 37.2 Å². The molecule has 4 rings (SSSR count). The van der Waals surface area contributed by atoms with Crippen LogP contribution in [0.25, 0.3) is 0 Å². The number of rotatable bonds is 2. The van der Waals surface area contributed by atoms with Gasteiger partial charge < -0.3 is 25.0 Å². The van der Waals surface area contributed by atoms with Crippen LogP contribution in [0.3, 0.4) is 0 Å². The minimum atomic E-state index is -1.70. The second kappa shape index (κ2) is 10.5. The van der Waals surface area contributed by atoms with E-state index in [0.717, 1.165) is 36.4 Å². The summed E-state index contributed by atoms with van der Waals surface area (Å²) in [4.78, 5) is 1.92. The Kier molecular flexibility index (Phi) is 8.25. The van der Waals surface area contributed by atoms with E-state index in [4.69, 9.17) is 9.47 Å². The molecule has 2 saturated heterocycles. The molecule has 2 aliphatic rings. The number of benzene rings is 2. The van der Waals surface area contributed by atoms with Crippen LogP contribution in [0.4, 0.5) is 17.6 Å². The summed E-state index contributed by atoms with van der Waals surface area (Å²) in [5.41, 5.74) is 0.188. The van der Waals surface area contributed by atoms with E-state index in [1.165, 1.54) is 0 Å². The maximum Gasteiger partial charge on any atom is 0.208 e. The summed E-state index contributed by atoms with van der Waals surface area (Å²) < 4.78 is 63.5. The number of hydrogen-bond donors (Lipinski definition) is 3. The molecule has 0 bridgehead atoms. The lowest BCUT2D eigenvalue weighted by atomic mass is 9.95. The highest BCUT2D eigenvalue weighted by molar-refractivity contribution is 5.25. The molecule has 0 unspecified atom stereocenters. The largest absolute Gasteiger partial charge is 0.361 e. The quantitative estimate of drug-likeness (QED) is 0.550. The van der Waals surface area contributed by atoms with Crippen molar-refractivity contribution in [3.05, 3.63) is 70.8 Å². The van der Waals surface area contributed by atoms with Crippen molar-refractivity contribution in [3.63, 3.8) is 0 Å². The lowest BCUT2D eigenvalue weighted by molar-refractivity contribution is -0.282. The second-order valence-corrected chi connectivity index (χ2v) is 9.31. The number of likely N-dealkylation sites (N-methyl/N-ethyl adjacent to an activating group) is 1. The molecule has 35 heavy (non-hydrogen) atoms. The van der Waals surface area contributed by atoms with Gasteiger partial charge in [0.05, 0.1) is 25.3 Å². The van der Waals surface area contributed by atoms with Gasteiger partial charge in [-0.15, -0.1) is 0 Å². The van der Waals surface area contributed by atoms with Gasteiger partial charge in [-0.2, -0.15) is 0 Å². The molecular formula is C25H32F4N2O4. The van der Waals surface area contributed by atoms with Gasteiger partial charge in [-0.25, -0.2) is 17.6 Å². The highest BCUT2D eigenvalue weighted by Crippen LogP contribution is 2.35. The highest BCUT2D eigenvalue weighted by atomic mass is 19.1. The summed E-state index contributed by atoms with van der Waals surface area (Å²) in [6, 6.07) is 5.27. The number of nitrogens with one attached hydrogen (secondary N) is 1. The van der Waals surface area contributed by atoms with Crippen LogP contribution in [-0.4, -0.2) is 59.5 Å². The third-order valence-corrected chi connectivity index (χ3v) is 6.64. The average Bonchev–Trinajstić information content (AvgIpc) is 2.77. The van der Waals surface area contributed by atoms with E-state index < -0.39 is 46.9 Å². The fourth-order valence-electron chi connectivity index (χ4n) is 4.29. The van der Waals surface area contributed by atoms with Gasteiger partial charge in [-0.3, -0.25) is 4.90 Å².